The van der Waals surface area contributed by atoms with E-state index in [2.05, 4.69) is 10.5 Å². The van der Waals surface area contributed by atoms with Gasteiger partial charge in [-0.05, 0) is 33.1 Å². The summed E-state index contributed by atoms with van der Waals surface area (Å²) in [5.74, 6) is 0.600. The molecule has 2 N–H and O–H groups in total. The lowest BCUT2D eigenvalue weighted by atomic mass is 9.93. The first kappa shape index (κ1) is 17.0. The van der Waals surface area contributed by atoms with Crippen LogP contribution >= 0.6 is 0 Å². The number of aromatic nitrogens is 1. The Labute approximate surface area is 132 Å². The highest BCUT2D eigenvalue weighted by Gasteiger charge is 2.29. The quantitative estimate of drug-likeness (QED) is 0.820. The number of carbonyl (C=O) groups excluding carboxylic acids is 1. The molecule has 0 spiro atoms. The van der Waals surface area contributed by atoms with Gasteiger partial charge >= 0.3 is 0 Å². The fraction of sp³-hybridized carbons (Fsp3) is 0.765. The Morgan fingerprint density at radius 1 is 1.32 bits per heavy atom. The Kier molecular flexibility index (Phi) is 5.62. The van der Waals surface area contributed by atoms with Crippen molar-refractivity contribution in [2.45, 2.75) is 71.3 Å². The number of rotatable bonds is 5. The topological polar surface area (TPSA) is 75.4 Å². The summed E-state index contributed by atoms with van der Waals surface area (Å²) in [5, 5.41) is 17.4. The Balaban J connectivity index is 1.86. The second kappa shape index (κ2) is 7.27. The fourth-order valence-corrected chi connectivity index (χ4v) is 3.18. The van der Waals surface area contributed by atoms with Gasteiger partial charge in [-0.15, -0.1) is 0 Å². The van der Waals surface area contributed by atoms with Crippen LogP contribution in [0.3, 0.4) is 0 Å². The Bertz CT molecular complexity index is 483. The van der Waals surface area contributed by atoms with Crippen molar-refractivity contribution in [2.75, 3.05) is 6.54 Å². The second-order valence-electron chi connectivity index (χ2n) is 6.76. The molecule has 1 fully saturated rings. The highest BCUT2D eigenvalue weighted by atomic mass is 16.5. The van der Waals surface area contributed by atoms with E-state index in [9.17, 15) is 9.90 Å². The van der Waals surface area contributed by atoms with E-state index < -0.39 is 5.60 Å². The van der Waals surface area contributed by atoms with Crippen LogP contribution in [0.15, 0.2) is 4.52 Å². The number of aliphatic hydroxyl groups is 1. The summed E-state index contributed by atoms with van der Waals surface area (Å²) in [7, 11) is 0. The largest absolute Gasteiger partial charge is 0.388 e. The minimum absolute atomic E-state index is 0.0160. The maximum Gasteiger partial charge on any atom is 0.223 e. The van der Waals surface area contributed by atoms with Crippen molar-refractivity contribution in [2.24, 2.45) is 5.92 Å². The van der Waals surface area contributed by atoms with Gasteiger partial charge in [-0.25, -0.2) is 0 Å². The van der Waals surface area contributed by atoms with E-state index in [0.29, 0.717) is 13.0 Å². The molecule has 22 heavy (non-hydrogen) atoms. The van der Waals surface area contributed by atoms with Crippen molar-refractivity contribution < 1.29 is 14.4 Å². The van der Waals surface area contributed by atoms with E-state index in [1.54, 1.807) is 0 Å². The highest BCUT2D eigenvalue weighted by Crippen LogP contribution is 2.26. The zero-order valence-electron chi connectivity index (χ0n) is 13.9. The summed E-state index contributed by atoms with van der Waals surface area (Å²) in [4.78, 5) is 12.3. The summed E-state index contributed by atoms with van der Waals surface area (Å²) in [6, 6.07) is 0. The SMILES string of the molecule is Cc1noc(C)c1CC(C)C(=O)NCC1(O)CCCCCC1. The van der Waals surface area contributed by atoms with Crippen LogP contribution in [0.4, 0.5) is 0 Å². The number of aryl methyl sites for hydroxylation is 2. The number of nitrogens with zero attached hydrogens (tertiary/aromatic N) is 1. The van der Waals surface area contributed by atoms with Crippen LogP contribution in [0.5, 0.6) is 0 Å². The fourth-order valence-electron chi connectivity index (χ4n) is 3.18. The molecular weight excluding hydrogens is 280 g/mol. The molecular formula is C17H28N2O3. The van der Waals surface area contributed by atoms with Crippen molar-refractivity contribution in [1.82, 2.24) is 10.5 Å². The third kappa shape index (κ3) is 4.32. The molecule has 1 heterocycles. The summed E-state index contributed by atoms with van der Waals surface area (Å²) in [6.07, 6.45) is 6.63. The molecule has 0 saturated heterocycles. The first-order valence-electron chi connectivity index (χ1n) is 8.33. The summed E-state index contributed by atoms with van der Waals surface area (Å²) in [6.45, 7) is 6.02. The zero-order valence-corrected chi connectivity index (χ0v) is 13.9. The zero-order chi connectivity index (χ0) is 16.2. The van der Waals surface area contributed by atoms with Crippen LogP contribution in [-0.2, 0) is 11.2 Å². The smallest absolute Gasteiger partial charge is 0.223 e. The lowest BCUT2D eigenvalue weighted by Crippen LogP contribution is -2.44. The third-order valence-electron chi connectivity index (χ3n) is 4.77. The van der Waals surface area contributed by atoms with Gasteiger partial charge in [0.15, 0.2) is 0 Å². The molecule has 1 unspecified atom stereocenters. The standard InChI is InChI=1S/C17H28N2O3/c1-12(10-15-13(2)19-22-14(15)3)16(20)18-11-17(21)8-6-4-5-7-9-17/h12,21H,4-11H2,1-3H3,(H,18,20). The van der Waals surface area contributed by atoms with E-state index in [4.69, 9.17) is 4.52 Å². The molecule has 1 aromatic rings. The van der Waals surface area contributed by atoms with Crippen molar-refractivity contribution in [3.05, 3.63) is 17.0 Å². The molecule has 124 valence electrons. The maximum atomic E-state index is 12.3. The molecule has 5 nitrogen and oxygen atoms in total. The van der Waals surface area contributed by atoms with Crippen LogP contribution in [0, 0.1) is 19.8 Å². The number of amides is 1. The monoisotopic (exact) mass is 308 g/mol. The average Bonchev–Trinajstić information content (AvgIpc) is 2.69. The van der Waals surface area contributed by atoms with Gasteiger partial charge in [-0.2, -0.15) is 0 Å². The molecule has 0 radical (unpaired) electrons. The molecule has 1 atom stereocenters. The van der Waals surface area contributed by atoms with Gasteiger partial charge in [0.1, 0.15) is 5.76 Å². The minimum atomic E-state index is -0.727. The molecule has 0 aromatic carbocycles. The normalized spacial score (nSPS) is 19.5. The van der Waals surface area contributed by atoms with E-state index in [1.165, 1.54) is 12.8 Å². The first-order valence-corrected chi connectivity index (χ1v) is 8.33. The molecule has 1 amide bonds. The Morgan fingerprint density at radius 3 is 2.50 bits per heavy atom. The predicted octanol–water partition coefficient (Wildman–Crippen LogP) is 2.67. The number of hydrogen-bond donors (Lipinski definition) is 2. The number of carbonyl (C=O) groups is 1. The molecule has 1 saturated carbocycles. The lowest BCUT2D eigenvalue weighted by Gasteiger charge is -2.27. The number of nitrogens with one attached hydrogen (secondary N) is 1. The van der Waals surface area contributed by atoms with Crippen LogP contribution < -0.4 is 5.32 Å². The average molecular weight is 308 g/mol. The highest BCUT2D eigenvalue weighted by molar-refractivity contribution is 5.78. The molecule has 0 bridgehead atoms. The first-order chi connectivity index (χ1) is 10.4. The van der Waals surface area contributed by atoms with Gasteiger partial charge in [-0.3, -0.25) is 4.79 Å². The van der Waals surface area contributed by atoms with E-state index in [0.717, 1.165) is 42.7 Å². The summed E-state index contributed by atoms with van der Waals surface area (Å²) < 4.78 is 5.14. The predicted molar refractivity (Wildman–Crippen MR) is 84.5 cm³/mol. The van der Waals surface area contributed by atoms with Crippen LogP contribution in [0.2, 0.25) is 0 Å². The van der Waals surface area contributed by atoms with Crippen LogP contribution in [-0.4, -0.2) is 28.3 Å². The number of hydrogen-bond acceptors (Lipinski definition) is 4. The molecule has 0 aliphatic heterocycles. The Morgan fingerprint density at radius 2 is 1.95 bits per heavy atom. The van der Waals surface area contributed by atoms with E-state index >= 15 is 0 Å². The third-order valence-corrected chi connectivity index (χ3v) is 4.77. The molecule has 1 aliphatic rings. The van der Waals surface area contributed by atoms with Gasteiger partial charge in [0.05, 0.1) is 11.3 Å². The Hall–Kier alpha value is -1.36. The van der Waals surface area contributed by atoms with Gasteiger partial charge in [-0.1, -0.05) is 37.8 Å². The van der Waals surface area contributed by atoms with Gasteiger partial charge in [0.2, 0.25) is 5.91 Å². The van der Waals surface area contributed by atoms with E-state index in [1.807, 2.05) is 20.8 Å². The van der Waals surface area contributed by atoms with Crippen molar-refractivity contribution in [3.63, 3.8) is 0 Å². The maximum absolute atomic E-state index is 12.3. The van der Waals surface area contributed by atoms with Crippen LogP contribution in [0.1, 0.15) is 62.5 Å². The second-order valence-corrected chi connectivity index (χ2v) is 6.76. The molecule has 5 heteroatoms. The minimum Gasteiger partial charge on any atom is -0.388 e. The van der Waals surface area contributed by atoms with Crippen LogP contribution in [0.25, 0.3) is 0 Å². The van der Waals surface area contributed by atoms with Crippen molar-refractivity contribution in [1.29, 1.82) is 0 Å². The van der Waals surface area contributed by atoms with Crippen molar-refractivity contribution >= 4 is 5.91 Å². The molecule has 1 aromatic heterocycles. The summed E-state index contributed by atoms with van der Waals surface area (Å²) >= 11 is 0. The summed E-state index contributed by atoms with van der Waals surface area (Å²) in [5.41, 5.74) is 1.13. The lowest BCUT2D eigenvalue weighted by molar-refractivity contribution is -0.125. The van der Waals surface area contributed by atoms with E-state index in [-0.39, 0.29) is 11.8 Å². The molecule has 2 rings (SSSR count). The van der Waals surface area contributed by atoms with Gasteiger partial charge in [0.25, 0.3) is 0 Å². The molecule has 1 aliphatic carbocycles. The van der Waals surface area contributed by atoms with Gasteiger partial charge in [0, 0.05) is 18.0 Å². The van der Waals surface area contributed by atoms with Gasteiger partial charge < -0.3 is 14.9 Å². The van der Waals surface area contributed by atoms with Crippen molar-refractivity contribution in [3.8, 4) is 0 Å².